The van der Waals surface area contributed by atoms with Crippen molar-refractivity contribution in [1.82, 2.24) is 4.31 Å². The Labute approximate surface area is 275 Å². The van der Waals surface area contributed by atoms with Gasteiger partial charge in [0.1, 0.15) is 18.0 Å². The monoisotopic (exact) mass is 658 g/mol. The summed E-state index contributed by atoms with van der Waals surface area (Å²) in [5, 5.41) is 20.0. The zero-order chi connectivity index (χ0) is 33.6. The van der Waals surface area contributed by atoms with E-state index in [0.29, 0.717) is 17.0 Å². The molecule has 10 heteroatoms. The minimum absolute atomic E-state index is 0.0121. The average molecular weight is 659 g/mol. The standard InChI is InChI=1S/C37H39FN2O6S/c1-26-11-18-33(19-12-26)47(45,46)39(24-31-10-6-5-9-30(31)22-38)25-36(42)40(32-17-20-34(37(43)44)35(41)21-32)23-27-13-15-29(16-14-27)28-7-3-2-4-8-28/h5-6,9-21,28,41H,2-4,7-8,22-25H2,1H3,(H,43,44). The molecule has 1 fully saturated rings. The van der Waals surface area contributed by atoms with E-state index in [0.717, 1.165) is 28.3 Å². The molecule has 0 bridgehead atoms. The smallest absolute Gasteiger partial charge is 0.339 e. The number of nitrogens with zero attached hydrogens (tertiary/aromatic N) is 2. The van der Waals surface area contributed by atoms with E-state index < -0.39 is 40.9 Å². The maximum Gasteiger partial charge on any atom is 0.339 e. The van der Waals surface area contributed by atoms with Crippen LogP contribution in [0.25, 0.3) is 0 Å². The van der Waals surface area contributed by atoms with Crippen molar-refractivity contribution in [2.75, 3.05) is 11.4 Å². The van der Waals surface area contributed by atoms with E-state index in [9.17, 15) is 32.6 Å². The van der Waals surface area contributed by atoms with Crippen LogP contribution in [0.1, 0.15) is 76.2 Å². The van der Waals surface area contributed by atoms with E-state index in [2.05, 4.69) is 12.1 Å². The van der Waals surface area contributed by atoms with E-state index in [-0.39, 0.29) is 29.2 Å². The lowest BCUT2D eigenvalue weighted by Gasteiger charge is -2.28. The van der Waals surface area contributed by atoms with Crippen molar-refractivity contribution in [3.63, 3.8) is 0 Å². The first-order valence-corrected chi connectivity index (χ1v) is 17.2. The van der Waals surface area contributed by atoms with Crippen LogP contribution in [-0.4, -0.2) is 41.4 Å². The van der Waals surface area contributed by atoms with Crippen molar-refractivity contribution in [2.24, 2.45) is 0 Å². The van der Waals surface area contributed by atoms with Gasteiger partial charge in [0.05, 0.1) is 18.0 Å². The molecule has 8 nitrogen and oxygen atoms in total. The van der Waals surface area contributed by atoms with Gasteiger partial charge >= 0.3 is 5.97 Å². The Morgan fingerprint density at radius 1 is 0.851 bits per heavy atom. The van der Waals surface area contributed by atoms with Crippen molar-refractivity contribution in [3.05, 3.63) is 124 Å². The maximum absolute atomic E-state index is 14.2. The molecule has 1 amide bonds. The number of carbonyl (C=O) groups is 2. The van der Waals surface area contributed by atoms with Gasteiger partial charge in [0.15, 0.2) is 0 Å². The third kappa shape index (κ3) is 8.07. The summed E-state index contributed by atoms with van der Waals surface area (Å²) in [7, 11) is -4.23. The Hall–Kier alpha value is -4.54. The molecule has 0 unspecified atom stereocenters. The lowest BCUT2D eigenvalue weighted by atomic mass is 9.84. The number of halogens is 1. The number of aromatic hydroxyl groups is 1. The highest BCUT2D eigenvalue weighted by Crippen LogP contribution is 2.33. The van der Waals surface area contributed by atoms with Crippen molar-refractivity contribution < 1.29 is 32.6 Å². The van der Waals surface area contributed by atoms with Crippen LogP contribution in [0.4, 0.5) is 10.1 Å². The summed E-state index contributed by atoms with van der Waals surface area (Å²) in [6.07, 6.45) is 5.91. The Morgan fingerprint density at radius 3 is 2.13 bits per heavy atom. The first-order chi connectivity index (χ1) is 22.6. The number of hydrogen-bond acceptors (Lipinski definition) is 5. The third-order valence-electron chi connectivity index (χ3n) is 8.80. The first kappa shape index (κ1) is 33.8. The maximum atomic E-state index is 14.2. The summed E-state index contributed by atoms with van der Waals surface area (Å²) in [5.74, 6) is -1.98. The number of aryl methyl sites for hydroxylation is 1. The molecule has 1 aliphatic carbocycles. The molecular weight excluding hydrogens is 619 g/mol. The second-order valence-electron chi connectivity index (χ2n) is 12.1. The number of anilines is 1. The summed E-state index contributed by atoms with van der Waals surface area (Å²) in [4.78, 5) is 27.1. The zero-order valence-electron chi connectivity index (χ0n) is 26.3. The Morgan fingerprint density at radius 2 is 1.51 bits per heavy atom. The van der Waals surface area contributed by atoms with Gasteiger partial charge in [0.25, 0.3) is 0 Å². The SMILES string of the molecule is Cc1ccc(S(=O)(=O)N(CC(=O)N(Cc2ccc(C3CCCCC3)cc2)c2ccc(C(=O)O)c(O)c2)Cc2ccccc2CF)cc1. The number of carboxylic acids is 1. The van der Waals surface area contributed by atoms with Crippen LogP contribution in [-0.2, 0) is 34.6 Å². The van der Waals surface area contributed by atoms with Gasteiger partial charge in [-0.05, 0) is 72.2 Å². The van der Waals surface area contributed by atoms with Gasteiger partial charge in [-0.25, -0.2) is 17.6 Å². The number of sulfonamides is 1. The number of amides is 1. The second-order valence-corrected chi connectivity index (χ2v) is 14.0. The highest BCUT2D eigenvalue weighted by atomic mass is 32.2. The van der Waals surface area contributed by atoms with Crippen LogP contribution in [0.15, 0.2) is 95.9 Å². The molecule has 0 radical (unpaired) electrons. The normalized spacial score (nSPS) is 13.9. The minimum Gasteiger partial charge on any atom is -0.507 e. The van der Waals surface area contributed by atoms with Gasteiger partial charge in [-0.15, -0.1) is 0 Å². The Kier molecular flexibility index (Phi) is 10.7. The molecule has 0 aromatic heterocycles. The number of phenols is 1. The highest BCUT2D eigenvalue weighted by Gasteiger charge is 2.30. The van der Waals surface area contributed by atoms with E-state index in [4.69, 9.17) is 0 Å². The van der Waals surface area contributed by atoms with Crippen LogP contribution in [0, 0.1) is 6.92 Å². The summed E-state index contributed by atoms with van der Waals surface area (Å²) in [6, 6.07) is 24.6. The molecule has 4 aromatic carbocycles. The number of benzene rings is 4. The van der Waals surface area contributed by atoms with Crippen molar-refractivity contribution in [1.29, 1.82) is 0 Å². The molecule has 0 saturated heterocycles. The fourth-order valence-electron chi connectivity index (χ4n) is 6.06. The van der Waals surface area contributed by atoms with Crippen LogP contribution >= 0.6 is 0 Å². The topological polar surface area (TPSA) is 115 Å². The molecule has 0 aliphatic heterocycles. The second kappa shape index (κ2) is 14.9. The Balaban J connectivity index is 1.51. The van der Waals surface area contributed by atoms with Gasteiger partial charge in [-0.3, -0.25) is 4.79 Å². The number of carbonyl (C=O) groups excluding carboxylic acids is 1. The molecule has 4 aromatic rings. The predicted molar refractivity (Wildman–Crippen MR) is 179 cm³/mol. The quantitative estimate of drug-likeness (QED) is 0.165. The molecular formula is C37H39FN2O6S. The van der Waals surface area contributed by atoms with E-state index >= 15 is 0 Å². The molecule has 1 saturated carbocycles. The van der Waals surface area contributed by atoms with Gasteiger partial charge < -0.3 is 15.1 Å². The highest BCUT2D eigenvalue weighted by molar-refractivity contribution is 7.89. The molecule has 1 aliphatic rings. The van der Waals surface area contributed by atoms with Crippen LogP contribution in [0.5, 0.6) is 5.75 Å². The van der Waals surface area contributed by atoms with E-state index in [1.807, 2.05) is 19.1 Å². The fourth-order valence-corrected chi connectivity index (χ4v) is 7.43. The van der Waals surface area contributed by atoms with Crippen molar-refractivity contribution in [3.8, 4) is 5.75 Å². The fraction of sp³-hybridized carbons (Fsp3) is 0.297. The first-order valence-electron chi connectivity index (χ1n) is 15.7. The summed E-state index contributed by atoms with van der Waals surface area (Å²) in [6.45, 7) is 0.212. The molecule has 47 heavy (non-hydrogen) atoms. The summed E-state index contributed by atoms with van der Waals surface area (Å²) in [5.41, 5.74) is 3.47. The van der Waals surface area contributed by atoms with Crippen LogP contribution in [0.3, 0.4) is 0 Å². The van der Waals surface area contributed by atoms with Gasteiger partial charge in [0.2, 0.25) is 15.9 Å². The molecule has 0 heterocycles. The summed E-state index contributed by atoms with van der Waals surface area (Å²) >= 11 is 0. The molecule has 246 valence electrons. The van der Waals surface area contributed by atoms with Crippen LogP contribution in [0.2, 0.25) is 0 Å². The molecule has 2 N–H and O–H groups in total. The average Bonchev–Trinajstić information content (AvgIpc) is 3.07. The molecule has 0 atom stereocenters. The van der Waals surface area contributed by atoms with Crippen LogP contribution < -0.4 is 4.90 Å². The number of carboxylic acid groups (broad SMARTS) is 1. The molecule has 0 spiro atoms. The van der Waals surface area contributed by atoms with E-state index in [1.54, 1.807) is 36.4 Å². The largest absolute Gasteiger partial charge is 0.507 e. The lowest BCUT2D eigenvalue weighted by Crippen LogP contribution is -2.42. The lowest BCUT2D eigenvalue weighted by molar-refractivity contribution is -0.119. The zero-order valence-corrected chi connectivity index (χ0v) is 27.1. The van der Waals surface area contributed by atoms with Gasteiger partial charge in [0, 0.05) is 18.3 Å². The van der Waals surface area contributed by atoms with E-state index in [1.165, 1.54) is 60.1 Å². The number of rotatable bonds is 12. The summed E-state index contributed by atoms with van der Waals surface area (Å²) < 4.78 is 43.0. The number of alkyl halides is 1. The third-order valence-corrected chi connectivity index (χ3v) is 10.6. The van der Waals surface area contributed by atoms with Gasteiger partial charge in [-0.1, -0.05) is 85.5 Å². The van der Waals surface area contributed by atoms with Crippen molar-refractivity contribution in [2.45, 2.75) is 69.6 Å². The van der Waals surface area contributed by atoms with Crippen molar-refractivity contribution >= 4 is 27.6 Å². The number of aromatic carboxylic acids is 1. The number of hydrogen-bond donors (Lipinski definition) is 2. The predicted octanol–water partition coefficient (Wildman–Crippen LogP) is 7.34. The van der Waals surface area contributed by atoms with Gasteiger partial charge in [-0.2, -0.15) is 4.31 Å². The minimum atomic E-state index is -4.23. The molecule has 5 rings (SSSR count). The Bertz CT molecular complexity index is 1820.